The monoisotopic (exact) mass is 226 g/mol. The SMILES string of the molecule is [Ga+3].[Ga+3].[Mg+2].[O-2].[O-2].[O-2].[O-2]. The molecule has 0 amide bonds. The summed E-state index contributed by atoms with van der Waals surface area (Å²) in [5.74, 6) is 0. The van der Waals surface area contributed by atoms with Crippen molar-refractivity contribution >= 4 is 62.6 Å². The molecule has 7 heteroatoms. The van der Waals surface area contributed by atoms with Crippen LogP contribution in [0.5, 0.6) is 0 Å². The maximum atomic E-state index is 0. The van der Waals surface area contributed by atoms with Crippen molar-refractivity contribution in [2.24, 2.45) is 0 Å². The fourth-order valence-electron chi connectivity index (χ4n) is 0. The van der Waals surface area contributed by atoms with Crippen LogP contribution >= 0.6 is 0 Å². The summed E-state index contributed by atoms with van der Waals surface area (Å²) in [4.78, 5) is 0. The van der Waals surface area contributed by atoms with Crippen LogP contribution < -0.4 is 0 Å². The van der Waals surface area contributed by atoms with E-state index in [4.69, 9.17) is 0 Å². The van der Waals surface area contributed by atoms with E-state index in [0.717, 1.165) is 0 Å². The molecule has 0 saturated carbocycles. The van der Waals surface area contributed by atoms with Gasteiger partial charge >= 0.3 is 62.6 Å². The summed E-state index contributed by atoms with van der Waals surface area (Å²) in [6.07, 6.45) is 0. The van der Waals surface area contributed by atoms with Crippen LogP contribution in [0.25, 0.3) is 0 Å². The molecule has 32 valence electrons. The van der Waals surface area contributed by atoms with Gasteiger partial charge in [-0.1, -0.05) is 0 Å². The molecular formula is Ga2MgO4. The molecule has 0 N–H and O–H groups in total. The normalized spacial score (nSPS) is 0. The first-order chi connectivity index (χ1) is 0. The first-order valence-electron chi connectivity index (χ1n) is 0. The van der Waals surface area contributed by atoms with E-state index in [2.05, 4.69) is 0 Å². The molecular weight excluding hydrogens is 228 g/mol. The largest absolute Gasteiger partial charge is 3.00 e. The predicted molar refractivity (Wildman–Crippen MR) is 20.0 cm³/mol. The van der Waals surface area contributed by atoms with Gasteiger partial charge in [0.25, 0.3) is 0 Å². The van der Waals surface area contributed by atoms with Crippen molar-refractivity contribution in [3.8, 4) is 0 Å². The molecule has 0 fully saturated rings. The van der Waals surface area contributed by atoms with Gasteiger partial charge in [0.2, 0.25) is 0 Å². The zero-order chi connectivity index (χ0) is 0. The second kappa shape index (κ2) is 106. The van der Waals surface area contributed by atoms with Crippen LogP contribution in [0.1, 0.15) is 0 Å². The molecule has 0 atom stereocenters. The van der Waals surface area contributed by atoms with E-state index >= 15 is 0 Å². The first kappa shape index (κ1) is 156. The van der Waals surface area contributed by atoms with Crippen molar-refractivity contribution in [2.75, 3.05) is 0 Å². The predicted octanol–water partition coefficient (Wildman–Crippen LogP) is -1.62. The second-order valence-corrected chi connectivity index (χ2v) is 0. The molecule has 0 radical (unpaired) electrons. The molecule has 7 heavy (non-hydrogen) atoms. The molecule has 0 aromatic rings. The van der Waals surface area contributed by atoms with Crippen LogP contribution in [0.4, 0.5) is 0 Å². The van der Waals surface area contributed by atoms with Crippen molar-refractivity contribution in [1.29, 1.82) is 0 Å². The smallest absolute Gasteiger partial charge is 2.00 e. The Bertz CT molecular complexity index is 9.65. The Morgan fingerprint density at radius 3 is 0.429 bits per heavy atom. The molecule has 0 unspecified atom stereocenters. The standard InChI is InChI=1S/2Ga.Mg.4O/q2*+3;+2;4*-2. The van der Waals surface area contributed by atoms with Crippen molar-refractivity contribution in [2.45, 2.75) is 0 Å². The Kier molecular flexibility index (Phi) is 2360. The summed E-state index contributed by atoms with van der Waals surface area (Å²) in [5, 5.41) is 0. The van der Waals surface area contributed by atoms with Crippen molar-refractivity contribution < 1.29 is 21.9 Å². The van der Waals surface area contributed by atoms with Gasteiger partial charge in [0, 0.05) is 0 Å². The van der Waals surface area contributed by atoms with Gasteiger partial charge in [-0.3, -0.25) is 0 Å². The number of rotatable bonds is 0. The van der Waals surface area contributed by atoms with Crippen LogP contribution in [-0.2, 0) is 21.9 Å². The zero-order valence-corrected chi connectivity index (χ0v) is 9.75. The fourth-order valence-corrected chi connectivity index (χ4v) is 0. The molecule has 0 heterocycles. The Morgan fingerprint density at radius 1 is 0.429 bits per heavy atom. The fraction of sp³-hybridized carbons (Fsp3) is 0. The van der Waals surface area contributed by atoms with Crippen LogP contribution in [0.15, 0.2) is 0 Å². The third-order valence-corrected chi connectivity index (χ3v) is 0. The summed E-state index contributed by atoms with van der Waals surface area (Å²) in [5.41, 5.74) is 0. The Hall–Kier alpha value is 1.88. The second-order valence-electron chi connectivity index (χ2n) is 0. The van der Waals surface area contributed by atoms with Crippen LogP contribution in [0, 0.1) is 0 Å². The van der Waals surface area contributed by atoms with Gasteiger partial charge in [-0.05, 0) is 0 Å². The van der Waals surface area contributed by atoms with Gasteiger partial charge in [0.1, 0.15) is 0 Å². The molecule has 0 aromatic carbocycles. The molecule has 0 aliphatic rings. The Morgan fingerprint density at radius 2 is 0.429 bits per heavy atom. The summed E-state index contributed by atoms with van der Waals surface area (Å²) >= 11 is 0. The average Bonchev–Trinajstić information content (AvgIpc) is 0. The third kappa shape index (κ3) is 77.1. The number of hydrogen-bond donors (Lipinski definition) is 0. The molecule has 4 nitrogen and oxygen atoms in total. The first-order valence-corrected chi connectivity index (χ1v) is 0. The van der Waals surface area contributed by atoms with Crippen molar-refractivity contribution in [1.82, 2.24) is 0 Å². The molecule has 0 aliphatic carbocycles. The Balaban J connectivity index is 0. The summed E-state index contributed by atoms with van der Waals surface area (Å²) in [7, 11) is 0. The maximum Gasteiger partial charge on any atom is 3.00 e. The van der Waals surface area contributed by atoms with Crippen molar-refractivity contribution in [3.05, 3.63) is 0 Å². The molecule has 0 spiro atoms. The van der Waals surface area contributed by atoms with Gasteiger partial charge in [0.05, 0.1) is 0 Å². The topological polar surface area (TPSA) is 114 Å². The molecule has 0 aromatic heterocycles. The third-order valence-electron chi connectivity index (χ3n) is 0. The van der Waals surface area contributed by atoms with Gasteiger partial charge in [0.15, 0.2) is 0 Å². The van der Waals surface area contributed by atoms with Gasteiger partial charge in [-0.2, -0.15) is 0 Å². The van der Waals surface area contributed by atoms with Crippen LogP contribution in [0.3, 0.4) is 0 Å². The van der Waals surface area contributed by atoms with E-state index < -0.39 is 0 Å². The summed E-state index contributed by atoms with van der Waals surface area (Å²) in [6.45, 7) is 0. The zero-order valence-electron chi connectivity index (χ0n) is 3.49. The van der Waals surface area contributed by atoms with E-state index in [1.165, 1.54) is 0 Å². The van der Waals surface area contributed by atoms with Crippen LogP contribution in [0.2, 0.25) is 0 Å². The van der Waals surface area contributed by atoms with Gasteiger partial charge in [-0.25, -0.2) is 0 Å². The minimum atomic E-state index is 0. The van der Waals surface area contributed by atoms with Crippen molar-refractivity contribution in [3.63, 3.8) is 0 Å². The maximum absolute atomic E-state index is 0. The molecule has 0 rings (SSSR count). The van der Waals surface area contributed by atoms with E-state index in [-0.39, 0.29) is 84.5 Å². The molecule has 0 bridgehead atoms. The minimum Gasteiger partial charge on any atom is -2.00 e. The average molecular weight is 228 g/mol. The quantitative estimate of drug-likeness (QED) is 0.443. The van der Waals surface area contributed by atoms with E-state index in [1.54, 1.807) is 0 Å². The summed E-state index contributed by atoms with van der Waals surface area (Å²) < 4.78 is 0. The minimum absolute atomic E-state index is 0. The van der Waals surface area contributed by atoms with E-state index in [9.17, 15) is 0 Å². The van der Waals surface area contributed by atoms with E-state index in [0.29, 0.717) is 0 Å². The van der Waals surface area contributed by atoms with Crippen LogP contribution in [-0.4, -0.2) is 62.6 Å². The molecule has 0 aliphatic heterocycles. The van der Waals surface area contributed by atoms with Gasteiger partial charge < -0.3 is 21.9 Å². The van der Waals surface area contributed by atoms with Gasteiger partial charge in [-0.15, -0.1) is 0 Å². The summed E-state index contributed by atoms with van der Waals surface area (Å²) in [6, 6.07) is 0. The molecule has 0 saturated heterocycles. The Labute approximate surface area is 83.9 Å². The van der Waals surface area contributed by atoms with E-state index in [1.807, 2.05) is 0 Å². The number of hydrogen-bond acceptors (Lipinski definition) is 0.